The maximum atomic E-state index is 4.84. The molecule has 0 atom stereocenters. The van der Waals surface area contributed by atoms with Crippen molar-refractivity contribution in [3.8, 4) is 22.4 Å². The van der Waals surface area contributed by atoms with Crippen LogP contribution in [0.1, 0.15) is 16.7 Å². The highest BCUT2D eigenvalue weighted by molar-refractivity contribution is 5.95. The second kappa shape index (κ2) is 5.04. The molecule has 0 aliphatic heterocycles. The fourth-order valence-electron chi connectivity index (χ4n) is 3.93. The number of aromatic nitrogens is 1. The Hall–Kier alpha value is -2.93. The Morgan fingerprint density at radius 2 is 1.58 bits per heavy atom. The minimum atomic E-state index is 0.976. The molecule has 0 bridgehead atoms. The second-order valence-electron chi connectivity index (χ2n) is 6.53. The van der Waals surface area contributed by atoms with Crippen LogP contribution in [0.3, 0.4) is 0 Å². The van der Waals surface area contributed by atoms with E-state index >= 15 is 0 Å². The average molecular weight is 307 g/mol. The van der Waals surface area contributed by atoms with Crippen LogP contribution >= 0.6 is 0 Å². The van der Waals surface area contributed by atoms with Gasteiger partial charge >= 0.3 is 0 Å². The average Bonchev–Trinajstić information content (AvgIpc) is 3.00. The summed E-state index contributed by atoms with van der Waals surface area (Å²) in [5.74, 6) is 0. The molecule has 1 aromatic heterocycles. The molecule has 0 radical (unpaired) electrons. The van der Waals surface area contributed by atoms with Gasteiger partial charge in [0.1, 0.15) is 0 Å². The predicted molar refractivity (Wildman–Crippen MR) is 100 cm³/mol. The first-order chi connectivity index (χ1) is 11.8. The van der Waals surface area contributed by atoms with Crippen LogP contribution in [-0.2, 0) is 6.42 Å². The number of hydrogen-bond acceptors (Lipinski definition) is 1. The van der Waals surface area contributed by atoms with E-state index in [4.69, 9.17) is 4.98 Å². The van der Waals surface area contributed by atoms with Crippen LogP contribution in [0, 0.1) is 6.92 Å². The third-order valence-electron chi connectivity index (χ3n) is 5.08. The van der Waals surface area contributed by atoms with Gasteiger partial charge < -0.3 is 0 Å². The van der Waals surface area contributed by atoms with E-state index in [2.05, 4.69) is 73.7 Å². The summed E-state index contributed by atoms with van der Waals surface area (Å²) in [5, 5.41) is 2.66. The van der Waals surface area contributed by atoms with Gasteiger partial charge in [0.05, 0.1) is 5.69 Å². The van der Waals surface area contributed by atoms with Crippen LogP contribution < -0.4 is 0 Å². The molecule has 5 rings (SSSR count). The molecule has 24 heavy (non-hydrogen) atoms. The van der Waals surface area contributed by atoms with Crippen molar-refractivity contribution in [3.63, 3.8) is 0 Å². The number of nitrogens with zero attached hydrogens (tertiary/aromatic N) is 1. The third-order valence-corrected chi connectivity index (χ3v) is 5.08. The van der Waals surface area contributed by atoms with E-state index < -0.39 is 0 Å². The number of hydrogen-bond donors (Lipinski definition) is 0. The molecule has 0 N–H and O–H groups in total. The first kappa shape index (κ1) is 13.5. The van der Waals surface area contributed by atoms with Crippen molar-refractivity contribution in [3.05, 3.63) is 89.6 Å². The molecule has 0 saturated heterocycles. The highest BCUT2D eigenvalue weighted by Crippen LogP contribution is 2.41. The molecule has 0 spiro atoms. The Labute approximate surface area is 141 Å². The van der Waals surface area contributed by atoms with Gasteiger partial charge in [0, 0.05) is 23.7 Å². The van der Waals surface area contributed by atoms with Crippen molar-refractivity contribution in [2.24, 2.45) is 0 Å². The number of pyridine rings is 1. The van der Waals surface area contributed by atoms with Gasteiger partial charge in [-0.05, 0) is 46.0 Å². The zero-order chi connectivity index (χ0) is 16.1. The van der Waals surface area contributed by atoms with Crippen molar-refractivity contribution in [2.75, 3.05) is 0 Å². The standard InChI is InChI=1S/C23H17N/c1-15-21-10-6-5-9-17(21)11-18-12-19-13-20(14-24-23(19)22(15)18)16-7-3-2-4-8-16/h2-11,13-14H,12H2,1H3. The van der Waals surface area contributed by atoms with E-state index in [1.165, 1.54) is 44.2 Å². The summed E-state index contributed by atoms with van der Waals surface area (Å²) >= 11 is 0. The number of benzene rings is 3. The molecule has 4 aromatic rings. The Bertz CT molecular complexity index is 1080. The molecule has 1 heterocycles. The van der Waals surface area contributed by atoms with Crippen LogP contribution in [0.25, 0.3) is 33.2 Å². The Morgan fingerprint density at radius 1 is 0.792 bits per heavy atom. The molecule has 0 saturated carbocycles. The van der Waals surface area contributed by atoms with Crippen molar-refractivity contribution < 1.29 is 0 Å². The molecule has 0 amide bonds. The zero-order valence-electron chi connectivity index (χ0n) is 13.6. The van der Waals surface area contributed by atoms with E-state index in [0.29, 0.717) is 0 Å². The van der Waals surface area contributed by atoms with Crippen LogP contribution in [0.4, 0.5) is 0 Å². The Kier molecular flexibility index (Phi) is 2.83. The van der Waals surface area contributed by atoms with Crippen LogP contribution in [-0.4, -0.2) is 4.98 Å². The quantitative estimate of drug-likeness (QED) is 0.382. The first-order valence-electron chi connectivity index (χ1n) is 8.37. The lowest BCUT2D eigenvalue weighted by molar-refractivity contribution is 1.23. The fourth-order valence-corrected chi connectivity index (χ4v) is 3.93. The van der Waals surface area contributed by atoms with Crippen LogP contribution in [0.2, 0.25) is 0 Å². The van der Waals surface area contributed by atoms with Gasteiger partial charge in [-0.1, -0.05) is 60.7 Å². The van der Waals surface area contributed by atoms with Gasteiger partial charge in [0.25, 0.3) is 0 Å². The summed E-state index contributed by atoms with van der Waals surface area (Å²) in [6.45, 7) is 2.23. The van der Waals surface area contributed by atoms with Gasteiger partial charge in [-0.3, -0.25) is 4.98 Å². The molecule has 114 valence electrons. The van der Waals surface area contributed by atoms with E-state index in [1.54, 1.807) is 0 Å². The van der Waals surface area contributed by atoms with Gasteiger partial charge in [0.2, 0.25) is 0 Å². The second-order valence-corrected chi connectivity index (χ2v) is 6.53. The largest absolute Gasteiger partial charge is 0.255 e. The summed E-state index contributed by atoms with van der Waals surface area (Å²) in [5.41, 5.74) is 9.01. The lowest BCUT2D eigenvalue weighted by Crippen LogP contribution is -1.89. The van der Waals surface area contributed by atoms with Crippen LogP contribution in [0.15, 0.2) is 72.9 Å². The zero-order valence-corrected chi connectivity index (χ0v) is 13.6. The van der Waals surface area contributed by atoms with Crippen molar-refractivity contribution in [1.29, 1.82) is 0 Å². The first-order valence-corrected chi connectivity index (χ1v) is 8.37. The van der Waals surface area contributed by atoms with Gasteiger partial charge in [-0.2, -0.15) is 0 Å². The van der Waals surface area contributed by atoms with Crippen LogP contribution in [0.5, 0.6) is 0 Å². The number of rotatable bonds is 1. The maximum absolute atomic E-state index is 4.84. The topological polar surface area (TPSA) is 12.9 Å². The molecule has 0 fully saturated rings. The summed E-state index contributed by atoms with van der Waals surface area (Å²) in [7, 11) is 0. The summed E-state index contributed by atoms with van der Waals surface area (Å²) in [6.07, 6.45) is 2.99. The molecule has 1 nitrogen and oxygen atoms in total. The highest BCUT2D eigenvalue weighted by Gasteiger charge is 2.23. The SMILES string of the molecule is Cc1c2c(cc3ccccc13)Cc1cc(-c3ccccc3)cnc1-2. The third kappa shape index (κ3) is 1.91. The Balaban J connectivity index is 1.71. The van der Waals surface area contributed by atoms with Gasteiger partial charge in [-0.15, -0.1) is 0 Å². The van der Waals surface area contributed by atoms with E-state index in [0.717, 1.165) is 12.1 Å². The molecular formula is C23H17N. The smallest absolute Gasteiger partial charge is 0.0743 e. The predicted octanol–water partition coefficient (Wildman–Crippen LogP) is 5.78. The van der Waals surface area contributed by atoms with Crippen molar-refractivity contribution in [1.82, 2.24) is 4.98 Å². The molecule has 3 aromatic carbocycles. The lowest BCUT2D eigenvalue weighted by atomic mass is 9.96. The minimum Gasteiger partial charge on any atom is -0.255 e. The van der Waals surface area contributed by atoms with E-state index in [1.807, 2.05) is 6.20 Å². The number of fused-ring (bicyclic) bond motifs is 4. The molecular weight excluding hydrogens is 290 g/mol. The Morgan fingerprint density at radius 3 is 2.46 bits per heavy atom. The van der Waals surface area contributed by atoms with Gasteiger partial charge in [-0.25, -0.2) is 0 Å². The summed E-state index contributed by atoms with van der Waals surface area (Å²) in [4.78, 5) is 4.84. The molecule has 0 unspecified atom stereocenters. The lowest BCUT2D eigenvalue weighted by Gasteiger charge is -2.10. The minimum absolute atomic E-state index is 0.976. The summed E-state index contributed by atoms with van der Waals surface area (Å²) < 4.78 is 0. The molecule has 1 heteroatoms. The normalized spacial score (nSPS) is 12.2. The highest BCUT2D eigenvalue weighted by atomic mass is 14.7. The van der Waals surface area contributed by atoms with Crippen molar-refractivity contribution in [2.45, 2.75) is 13.3 Å². The van der Waals surface area contributed by atoms with Crippen molar-refractivity contribution >= 4 is 10.8 Å². The summed E-state index contributed by atoms with van der Waals surface area (Å²) in [6, 6.07) is 23.8. The van der Waals surface area contributed by atoms with E-state index in [-0.39, 0.29) is 0 Å². The molecule has 1 aliphatic rings. The fraction of sp³-hybridized carbons (Fsp3) is 0.0870. The van der Waals surface area contributed by atoms with Gasteiger partial charge in [0.15, 0.2) is 0 Å². The number of aryl methyl sites for hydroxylation is 1. The maximum Gasteiger partial charge on any atom is 0.0743 e. The molecule has 1 aliphatic carbocycles. The van der Waals surface area contributed by atoms with E-state index in [9.17, 15) is 0 Å². The monoisotopic (exact) mass is 307 g/mol.